The van der Waals surface area contributed by atoms with Gasteiger partial charge in [0, 0.05) is 12.1 Å². The van der Waals surface area contributed by atoms with Crippen LogP contribution in [0.4, 0.5) is 5.82 Å². The van der Waals surface area contributed by atoms with Crippen LogP contribution in [0.15, 0.2) is 6.07 Å². The molecule has 0 saturated carbocycles. The Morgan fingerprint density at radius 1 is 1.35 bits per heavy atom. The van der Waals surface area contributed by atoms with Gasteiger partial charge in [0.05, 0.1) is 11.5 Å². The summed E-state index contributed by atoms with van der Waals surface area (Å²) >= 11 is 5.83. The summed E-state index contributed by atoms with van der Waals surface area (Å²) in [7, 11) is -2.82. The van der Waals surface area contributed by atoms with E-state index >= 15 is 0 Å². The molecular formula is C10H14ClN3O2S. The van der Waals surface area contributed by atoms with Crippen molar-refractivity contribution in [3.8, 4) is 0 Å². The summed E-state index contributed by atoms with van der Waals surface area (Å²) in [6, 6.07) is 1.79. The van der Waals surface area contributed by atoms with E-state index in [0.29, 0.717) is 29.6 Å². The zero-order chi connectivity index (χ0) is 12.5. The zero-order valence-electron chi connectivity index (χ0n) is 9.48. The van der Waals surface area contributed by atoms with E-state index in [4.69, 9.17) is 11.6 Å². The van der Waals surface area contributed by atoms with Gasteiger partial charge in [-0.05, 0) is 19.8 Å². The van der Waals surface area contributed by atoms with E-state index in [1.54, 1.807) is 13.0 Å². The van der Waals surface area contributed by atoms with Crippen LogP contribution in [0.1, 0.15) is 18.7 Å². The molecule has 0 unspecified atom stereocenters. The monoisotopic (exact) mass is 275 g/mol. The van der Waals surface area contributed by atoms with Crippen LogP contribution in [0.25, 0.3) is 0 Å². The molecule has 1 fully saturated rings. The molecule has 0 amide bonds. The van der Waals surface area contributed by atoms with E-state index in [1.165, 1.54) is 0 Å². The standard InChI is InChI=1S/C10H14ClN3O2S/c1-7-12-9(11)6-10(13-7)14-8-2-4-17(15,16)5-3-8/h6,8H,2-5H2,1H3,(H,12,13,14). The molecule has 17 heavy (non-hydrogen) atoms. The third-order valence-electron chi connectivity index (χ3n) is 2.71. The Kier molecular flexibility index (Phi) is 3.53. The minimum absolute atomic E-state index is 0.142. The van der Waals surface area contributed by atoms with Crippen molar-refractivity contribution >= 4 is 27.3 Å². The van der Waals surface area contributed by atoms with Gasteiger partial charge < -0.3 is 5.32 Å². The second kappa shape index (κ2) is 4.78. The molecule has 1 aromatic rings. The third kappa shape index (κ3) is 3.54. The Balaban J connectivity index is 2.02. The minimum Gasteiger partial charge on any atom is -0.367 e. The molecule has 1 saturated heterocycles. The fourth-order valence-corrected chi connectivity index (χ4v) is 3.57. The fourth-order valence-electron chi connectivity index (χ4n) is 1.85. The smallest absolute Gasteiger partial charge is 0.150 e. The van der Waals surface area contributed by atoms with Crippen LogP contribution in [-0.2, 0) is 9.84 Å². The molecule has 0 atom stereocenters. The molecule has 1 aromatic heterocycles. The molecule has 0 radical (unpaired) electrons. The van der Waals surface area contributed by atoms with Crippen molar-refractivity contribution in [1.82, 2.24) is 9.97 Å². The number of nitrogens with one attached hydrogen (secondary N) is 1. The van der Waals surface area contributed by atoms with E-state index < -0.39 is 9.84 Å². The van der Waals surface area contributed by atoms with Gasteiger partial charge in [-0.3, -0.25) is 0 Å². The summed E-state index contributed by atoms with van der Waals surface area (Å²) in [4.78, 5) is 8.18. The molecule has 1 N–H and O–H groups in total. The maximum Gasteiger partial charge on any atom is 0.150 e. The van der Waals surface area contributed by atoms with E-state index in [1.807, 2.05) is 0 Å². The van der Waals surface area contributed by atoms with Gasteiger partial charge in [0.1, 0.15) is 26.6 Å². The van der Waals surface area contributed by atoms with Crippen LogP contribution in [-0.4, -0.2) is 35.9 Å². The van der Waals surface area contributed by atoms with Crippen molar-refractivity contribution in [2.24, 2.45) is 0 Å². The van der Waals surface area contributed by atoms with Crippen molar-refractivity contribution in [2.45, 2.75) is 25.8 Å². The lowest BCUT2D eigenvalue weighted by Gasteiger charge is -2.23. The van der Waals surface area contributed by atoms with Crippen molar-refractivity contribution < 1.29 is 8.42 Å². The van der Waals surface area contributed by atoms with Crippen LogP contribution in [0, 0.1) is 6.92 Å². The molecule has 7 heteroatoms. The molecule has 1 aliphatic rings. The van der Waals surface area contributed by atoms with Crippen LogP contribution in [0.5, 0.6) is 0 Å². The second-order valence-electron chi connectivity index (χ2n) is 4.19. The minimum atomic E-state index is -2.82. The summed E-state index contributed by atoms with van der Waals surface area (Å²) in [6.45, 7) is 1.77. The quantitative estimate of drug-likeness (QED) is 0.827. The van der Waals surface area contributed by atoms with Gasteiger partial charge >= 0.3 is 0 Å². The summed E-state index contributed by atoms with van der Waals surface area (Å²) < 4.78 is 22.6. The summed E-state index contributed by atoms with van der Waals surface area (Å²) in [5.74, 6) is 1.74. The first kappa shape index (κ1) is 12.6. The molecule has 5 nitrogen and oxygen atoms in total. The normalized spacial score (nSPS) is 20.1. The Morgan fingerprint density at radius 3 is 2.59 bits per heavy atom. The highest BCUT2D eigenvalue weighted by Crippen LogP contribution is 2.18. The lowest BCUT2D eigenvalue weighted by molar-refractivity contribution is 0.559. The molecule has 94 valence electrons. The van der Waals surface area contributed by atoms with Gasteiger partial charge in [-0.1, -0.05) is 11.6 Å². The molecule has 0 bridgehead atoms. The number of halogens is 1. The first-order valence-corrected chi connectivity index (χ1v) is 7.63. The summed E-state index contributed by atoms with van der Waals surface area (Å²) in [6.07, 6.45) is 1.23. The van der Waals surface area contributed by atoms with Crippen molar-refractivity contribution in [2.75, 3.05) is 16.8 Å². The molecule has 2 heterocycles. The SMILES string of the molecule is Cc1nc(Cl)cc(NC2CCS(=O)(=O)CC2)n1. The molecule has 0 spiro atoms. The predicted octanol–water partition coefficient (Wildman–Crippen LogP) is 1.43. The maximum absolute atomic E-state index is 11.3. The molecular weight excluding hydrogens is 262 g/mol. The van der Waals surface area contributed by atoms with Gasteiger partial charge in [-0.2, -0.15) is 0 Å². The number of nitrogens with zero attached hydrogens (tertiary/aromatic N) is 2. The Labute approximate surface area is 106 Å². The number of anilines is 1. The number of sulfone groups is 1. The number of aromatic nitrogens is 2. The second-order valence-corrected chi connectivity index (χ2v) is 6.88. The van der Waals surface area contributed by atoms with Crippen LogP contribution >= 0.6 is 11.6 Å². The van der Waals surface area contributed by atoms with Crippen molar-refractivity contribution in [3.05, 3.63) is 17.0 Å². The van der Waals surface area contributed by atoms with Crippen molar-refractivity contribution in [3.63, 3.8) is 0 Å². The predicted molar refractivity (Wildman–Crippen MR) is 67.1 cm³/mol. The van der Waals surface area contributed by atoms with Crippen molar-refractivity contribution in [1.29, 1.82) is 0 Å². The van der Waals surface area contributed by atoms with Gasteiger partial charge in [0.25, 0.3) is 0 Å². The number of hydrogen-bond acceptors (Lipinski definition) is 5. The third-order valence-corrected chi connectivity index (χ3v) is 4.62. The first-order valence-electron chi connectivity index (χ1n) is 5.43. The Morgan fingerprint density at radius 2 is 2.00 bits per heavy atom. The van der Waals surface area contributed by atoms with E-state index in [-0.39, 0.29) is 17.5 Å². The van der Waals surface area contributed by atoms with Gasteiger partial charge in [-0.15, -0.1) is 0 Å². The van der Waals surface area contributed by atoms with E-state index in [9.17, 15) is 8.42 Å². The fraction of sp³-hybridized carbons (Fsp3) is 0.600. The topological polar surface area (TPSA) is 72.0 Å². The number of hydrogen-bond donors (Lipinski definition) is 1. The largest absolute Gasteiger partial charge is 0.367 e. The summed E-state index contributed by atoms with van der Waals surface area (Å²) in [5, 5.41) is 3.59. The zero-order valence-corrected chi connectivity index (χ0v) is 11.1. The van der Waals surface area contributed by atoms with E-state index in [2.05, 4.69) is 15.3 Å². The molecule has 0 aliphatic carbocycles. The highest BCUT2D eigenvalue weighted by Gasteiger charge is 2.23. The van der Waals surface area contributed by atoms with Gasteiger partial charge in [-0.25, -0.2) is 18.4 Å². The lowest BCUT2D eigenvalue weighted by atomic mass is 10.1. The summed E-state index contributed by atoms with van der Waals surface area (Å²) in [5.41, 5.74) is 0. The average molecular weight is 276 g/mol. The molecule has 0 aromatic carbocycles. The first-order chi connectivity index (χ1) is 7.94. The Hall–Kier alpha value is -0.880. The highest BCUT2D eigenvalue weighted by molar-refractivity contribution is 7.91. The van der Waals surface area contributed by atoms with Gasteiger partial charge in [0.2, 0.25) is 0 Å². The van der Waals surface area contributed by atoms with Crippen LogP contribution in [0.3, 0.4) is 0 Å². The Bertz CT molecular complexity index is 484. The van der Waals surface area contributed by atoms with Crippen LogP contribution in [0.2, 0.25) is 5.15 Å². The number of aryl methyl sites for hydroxylation is 1. The molecule has 2 rings (SSSR count). The highest BCUT2D eigenvalue weighted by atomic mass is 35.5. The maximum atomic E-state index is 11.3. The average Bonchev–Trinajstić information content (AvgIpc) is 2.20. The van der Waals surface area contributed by atoms with E-state index in [0.717, 1.165) is 0 Å². The van der Waals surface area contributed by atoms with Crippen LogP contribution < -0.4 is 5.32 Å². The molecule has 1 aliphatic heterocycles. The van der Waals surface area contributed by atoms with Gasteiger partial charge in [0.15, 0.2) is 0 Å². The number of rotatable bonds is 2. The lowest BCUT2D eigenvalue weighted by Crippen LogP contribution is -2.32.